The minimum Gasteiger partial charge on any atom is -0.319 e. The lowest BCUT2D eigenvalue weighted by molar-refractivity contribution is 0.0998. The normalized spacial score (nSPS) is 14.2. The van der Waals surface area contributed by atoms with Crippen molar-refractivity contribution < 1.29 is 13.2 Å². The largest absolute Gasteiger partial charge is 0.319 e. The third kappa shape index (κ3) is 3.59. The van der Waals surface area contributed by atoms with Gasteiger partial charge in [-0.2, -0.15) is 4.99 Å². The summed E-state index contributed by atoms with van der Waals surface area (Å²) < 4.78 is 30.8. The van der Waals surface area contributed by atoms with Crippen LogP contribution in [0.1, 0.15) is 27.0 Å². The van der Waals surface area contributed by atoms with E-state index in [-0.39, 0.29) is 4.90 Å². The van der Waals surface area contributed by atoms with Gasteiger partial charge in [0.2, 0.25) is 0 Å². The number of anilines is 1. The van der Waals surface area contributed by atoms with E-state index in [1.165, 1.54) is 45.5 Å². The van der Waals surface area contributed by atoms with Gasteiger partial charge in [-0.05, 0) is 73.4 Å². The fraction of sp³-hybridized carbons (Fsp3) is 0.200. The van der Waals surface area contributed by atoms with E-state index in [1.54, 1.807) is 0 Å². The van der Waals surface area contributed by atoms with E-state index in [1.807, 2.05) is 41.9 Å². The van der Waals surface area contributed by atoms with Gasteiger partial charge in [-0.1, -0.05) is 35.6 Å². The van der Waals surface area contributed by atoms with Gasteiger partial charge < -0.3 is 4.57 Å². The molecule has 0 spiro atoms. The minimum absolute atomic E-state index is 0.161. The highest BCUT2D eigenvalue weighted by Crippen LogP contribution is 2.32. The van der Waals surface area contributed by atoms with Crippen molar-refractivity contribution in [1.82, 2.24) is 4.57 Å². The molecule has 1 aromatic heterocycles. The van der Waals surface area contributed by atoms with Crippen LogP contribution in [-0.4, -0.2) is 25.4 Å². The predicted octanol–water partition coefficient (Wildman–Crippen LogP) is 4.35. The average Bonchev–Trinajstić information content (AvgIpc) is 3.38. The Kier molecular flexibility index (Phi) is 5.22. The Balaban J connectivity index is 1.46. The van der Waals surface area contributed by atoms with Crippen LogP contribution in [0.4, 0.5) is 5.69 Å². The van der Waals surface area contributed by atoms with Crippen molar-refractivity contribution >= 4 is 43.2 Å². The van der Waals surface area contributed by atoms with Crippen molar-refractivity contribution in [2.24, 2.45) is 12.0 Å². The van der Waals surface area contributed by atoms with Crippen LogP contribution in [0.3, 0.4) is 0 Å². The number of aromatic nitrogens is 1. The highest BCUT2D eigenvalue weighted by Gasteiger charge is 2.30. The summed E-state index contributed by atoms with van der Waals surface area (Å²) in [7, 11) is -1.79. The lowest BCUT2D eigenvalue weighted by Crippen LogP contribution is -2.29. The molecular weight excluding hydrogens is 454 g/mol. The Morgan fingerprint density at radius 1 is 1.00 bits per heavy atom. The molecule has 1 amide bonds. The van der Waals surface area contributed by atoms with Crippen molar-refractivity contribution in [2.75, 3.05) is 10.8 Å². The first kappa shape index (κ1) is 21.6. The smallest absolute Gasteiger partial charge is 0.279 e. The number of thiazole rings is 1. The Morgan fingerprint density at radius 3 is 2.48 bits per heavy atom. The van der Waals surface area contributed by atoms with Gasteiger partial charge in [0.1, 0.15) is 0 Å². The molecule has 0 saturated heterocycles. The number of amides is 1. The van der Waals surface area contributed by atoms with E-state index in [0.29, 0.717) is 23.3 Å². The summed E-state index contributed by atoms with van der Waals surface area (Å²) in [4.78, 5) is 17.9. The molecule has 0 bridgehead atoms. The molecule has 0 N–H and O–H groups in total. The molecule has 2 heterocycles. The lowest BCUT2D eigenvalue weighted by atomic mass is 10.1. The van der Waals surface area contributed by atoms with E-state index in [0.717, 1.165) is 27.0 Å². The first-order valence-corrected chi connectivity index (χ1v) is 12.9. The van der Waals surface area contributed by atoms with Crippen LogP contribution in [-0.2, 0) is 23.5 Å². The van der Waals surface area contributed by atoms with Gasteiger partial charge in [0, 0.05) is 19.2 Å². The summed E-state index contributed by atoms with van der Waals surface area (Å²) >= 11 is 1.46. The van der Waals surface area contributed by atoms with Crippen molar-refractivity contribution in [3.8, 4) is 0 Å². The number of carbonyl (C=O) groups is 1. The molecule has 0 fully saturated rings. The molecule has 0 radical (unpaired) electrons. The number of aryl methyl sites for hydroxylation is 3. The zero-order chi connectivity index (χ0) is 23.3. The van der Waals surface area contributed by atoms with Crippen LogP contribution >= 0.6 is 11.3 Å². The summed E-state index contributed by atoms with van der Waals surface area (Å²) in [6.07, 6.45) is 0.691. The van der Waals surface area contributed by atoms with Gasteiger partial charge in [0.05, 0.1) is 20.8 Å². The Hall–Kier alpha value is -3.23. The van der Waals surface area contributed by atoms with E-state index < -0.39 is 15.9 Å². The number of rotatable bonds is 3. The third-order valence-corrected chi connectivity index (χ3v) is 9.14. The Bertz CT molecular complexity index is 1580. The highest BCUT2D eigenvalue weighted by molar-refractivity contribution is 7.92. The fourth-order valence-corrected chi connectivity index (χ4v) is 6.82. The lowest BCUT2D eigenvalue weighted by Gasteiger charge is -2.19. The molecule has 33 heavy (non-hydrogen) atoms. The molecule has 0 saturated carbocycles. The molecular formula is C25H23N3O3S2. The second kappa shape index (κ2) is 7.97. The molecule has 0 unspecified atom stereocenters. The van der Waals surface area contributed by atoms with Gasteiger partial charge in [-0.15, -0.1) is 0 Å². The fourth-order valence-electron chi connectivity index (χ4n) is 4.24. The summed E-state index contributed by atoms with van der Waals surface area (Å²) in [5, 5.41) is 0. The first-order valence-electron chi connectivity index (χ1n) is 10.6. The van der Waals surface area contributed by atoms with Gasteiger partial charge >= 0.3 is 0 Å². The topological polar surface area (TPSA) is 71.7 Å². The van der Waals surface area contributed by atoms with E-state index in [2.05, 4.69) is 24.9 Å². The van der Waals surface area contributed by atoms with Crippen molar-refractivity contribution in [1.29, 1.82) is 0 Å². The zero-order valence-corrected chi connectivity index (χ0v) is 20.2. The van der Waals surface area contributed by atoms with Crippen LogP contribution in [0, 0.1) is 13.8 Å². The molecule has 8 heteroatoms. The van der Waals surface area contributed by atoms with E-state index >= 15 is 0 Å². The molecule has 3 aromatic carbocycles. The number of hydrogen-bond acceptors (Lipinski definition) is 4. The number of hydrogen-bond donors (Lipinski definition) is 0. The maximum Gasteiger partial charge on any atom is 0.279 e. The molecule has 1 aliphatic rings. The Labute approximate surface area is 196 Å². The number of nitrogens with zero attached hydrogens (tertiary/aromatic N) is 3. The van der Waals surface area contributed by atoms with Crippen LogP contribution in [0.5, 0.6) is 0 Å². The van der Waals surface area contributed by atoms with Crippen LogP contribution < -0.4 is 9.11 Å². The summed E-state index contributed by atoms with van der Waals surface area (Å²) in [5.41, 5.74) is 5.51. The molecule has 1 aliphatic heterocycles. The molecule has 6 nitrogen and oxygen atoms in total. The maximum absolute atomic E-state index is 13.2. The van der Waals surface area contributed by atoms with Crippen molar-refractivity contribution in [3.05, 3.63) is 87.7 Å². The summed E-state index contributed by atoms with van der Waals surface area (Å²) in [6.45, 7) is 4.54. The number of sulfonamides is 1. The maximum atomic E-state index is 13.2. The zero-order valence-electron chi connectivity index (χ0n) is 18.6. The molecule has 0 aliphatic carbocycles. The highest BCUT2D eigenvalue weighted by atomic mass is 32.2. The second-order valence-electron chi connectivity index (χ2n) is 8.20. The molecule has 5 rings (SSSR count). The van der Waals surface area contributed by atoms with Crippen molar-refractivity contribution in [3.63, 3.8) is 0 Å². The van der Waals surface area contributed by atoms with Gasteiger partial charge in [0.25, 0.3) is 15.9 Å². The number of para-hydroxylation sites is 1. The quantitative estimate of drug-likeness (QED) is 0.440. The van der Waals surface area contributed by atoms with Crippen LogP contribution in [0.2, 0.25) is 0 Å². The number of fused-ring (bicyclic) bond motifs is 2. The van der Waals surface area contributed by atoms with Crippen LogP contribution in [0.15, 0.2) is 70.6 Å². The van der Waals surface area contributed by atoms with Gasteiger partial charge in [0.15, 0.2) is 4.80 Å². The predicted molar refractivity (Wildman–Crippen MR) is 131 cm³/mol. The third-order valence-electron chi connectivity index (χ3n) is 6.22. The number of benzene rings is 3. The minimum atomic E-state index is -3.70. The first-order chi connectivity index (χ1) is 15.8. The van der Waals surface area contributed by atoms with Crippen molar-refractivity contribution in [2.45, 2.75) is 25.2 Å². The summed E-state index contributed by atoms with van der Waals surface area (Å²) in [5.74, 6) is -0.401. The van der Waals surface area contributed by atoms with E-state index in [4.69, 9.17) is 0 Å². The standard InChI is InChI=1S/C25H23N3O3S2/c1-16-8-13-22-23(17(16)2)27(3)25(32-22)26-24(29)19-9-11-20(12-10-19)33(30,31)28-15-14-18-6-4-5-7-21(18)28/h4-13H,14-15H2,1-3H3. The molecule has 4 aromatic rings. The van der Waals surface area contributed by atoms with Gasteiger partial charge in [-0.3, -0.25) is 9.10 Å². The monoisotopic (exact) mass is 477 g/mol. The molecule has 0 atom stereocenters. The van der Waals surface area contributed by atoms with E-state index in [9.17, 15) is 13.2 Å². The average molecular weight is 478 g/mol. The SMILES string of the molecule is Cc1ccc2sc(=NC(=O)c3ccc(S(=O)(=O)N4CCc5ccccc54)cc3)n(C)c2c1C. The summed E-state index contributed by atoms with van der Waals surface area (Å²) in [6, 6.07) is 17.7. The Morgan fingerprint density at radius 2 is 1.73 bits per heavy atom. The van der Waals surface area contributed by atoms with Crippen LogP contribution in [0.25, 0.3) is 10.2 Å². The second-order valence-corrected chi connectivity index (χ2v) is 11.1. The number of carbonyl (C=O) groups excluding carboxylic acids is 1. The molecule has 168 valence electrons. The van der Waals surface area contributed by atoms with Gasteiger partial charge in [-0.25, -0.2) is 8.42 Å².